The van der Waals surface area contributed by atoms with Gasteiger partial charge in [0.25, 0.3) is 11.8 Å². The van der Waals surface area contributed by atoms with Gasteiger partial charge in [-0.3, -0.25) is 14.9 Å². The van der Waals surface area contributed by atoms with Crippen molar-refractivity contribution in [1.82, 2.24) is 15.5 Å². The van der Waals surface area contributed by atoms with Crippen LogP contribution in [0.5, 0.6) is 5.75 Å². The average Bonchev–Trinajstić information content (AvgIpc) is 3.17. The van der Waals surface area contributed by atoms with Gasteiger partial charge in [0.05, 0.1) is 15.6 Å². The summed E-state index contributed by atoms with van der Waals surface area (Å²) in [5.41, 5.74) is 0.407. The highest BCUT2D eigenvalue weighted by Crippen LogP contribution is 2.28. The van der Waals surface area contributed by atoms with Crippen LogP contribution < -0.4 is 15.4 Å². The molecule has 0 bridgehead atoms. The minimum absolute atomic E-state index is 0.268. The van der Waals surface area contributed by atoms with Gasteiger partial charge >= 0.3 is 0 Å². The van der Waals surface area contributed by atoms with Crippen molar-refractivity contribution in [3.05, 3.63) is 68.1 Å². The van der Waals surface area contributed by atoms with Crippen LogP contribution in [0.25, 0.3) is 0 Å². The molecule has 0 saturated carbocycles. The first kappa shape index (κ1) is 23.3. The van der Waals surface area contributed by atoms with Crippen LogP contribution in [0.3, 0.4) is 0 Å². The second kappa shape index (κ2) is 10.8. The van der Waals surface area contributed by atoms with E-state index in [1.54, 1.807) is 43.3 Å². The highest BCUT2D eigenvalue weighted by atomic mass is 35.5. The van der Waals surface area contributed by atoms with Gasteiger partial charge in [-0.05, 0) is 37.3 Å². The fourth-order valence-corrected chi connectivity index (χ4v) is 3.87. The Balaban J connectivity index is 1.48. The average molecular weight is 500 g/mol. The Morgan fingerprint density at radius 2 is 1.87 bits per heavy atom. The number of ether oxygens (including phenoxy) is 1. The molecule has 2 aromatic carbocycles. The molecule has 2 N–H and O–H groups in total. The zero-order valence-corrected chi connectivity index (χ0v) is 19.3. The van der Waals surface area contributed by atoms with E-state index >= 15 is 0 Å². The lowest BCUT2D eigenvalue weighted by atomic mass is 10.2. The number of carbonyl (C=O) groups is 2. The maximum absolute atomic E-state index is 12.4. The van der Waals surface area contributed by atoms with Gasteiger partial charge in [-0.2, -0.15) is 0 Å². The molecule has 11 heteroatoms. The molecule has 1 aromatic heterocycles. The summed E-state index contributed by atoms with van der Waals surface area (Å²) in [6, 6.07) is 11.5. The Kier molecular flexibility index (Phi) is 8.09. The van der Waals surface area contributed by atoms with E-state index < -0.39 is 12.0 Å². The third-order valence-electron chi connectivity index (χ3n) is 4.01. The first-order valence-corrected chi connectivity index (χ1v) is 11.1. The second-order valence-corrected chi connectivity index (χ2v) is 8.62. The quantitative estimate of drug-likeness (QED) is 0.461. The summed E-state index contributed by atoms with van der Waals surface area (Å²) >= 11 is 19.1. The molecule has 0 radical (unpaired) electrons. The summed E-state index contributed by atoms with van der Waals surface area (Å²) in [5.74, 6) is -0.322. The molecule has 0 saturated heterocycles. The van der Waals surface area contributed by atoms with Crippen LogP contribution in [0.15, 0.2) is 42.5 Å². The third kappa shape index (κ3) is 6.54. The van der Waals surface area contributed by atoms with Crippen LogP contribution in [-0.4, -0.2) is 34.7 Å². The highest BCUT2D eigenvalue weighted by Gasteiger charge is 2.18. The molecule has 1 heterocycles. The molecule has 2 amide bonds. The number of anilines is 1. The molecule has 7 nitrogen and oxygen atoms in total. The van der Waals surface area contributed by atoms with Crippen molar-refractivity contribution in [2.24, 2.45) is 0 Å². The number of aromatic nitrogens is 2. The van der Waals surface area contributed by atoms with Gasteiger partial charge in [-0.1, -0.05) is 58.3 Å². The lowest BCUT2D eigenvalue weighted by Gasteiger charge is -2.14. The van der Waals surface area contributed by atoms with Crippen molar-refractivity contribution in [2.75, 3.05) is 11.9 Å². The van der Waals surface area contributed by atoms with Gasteiger partial charge in [-0.15, -0.1) is 10.2 Å². The molecule has 3 rings (SSSR count). The summed E-state index contributed by atoms with van der Waals surface area (Å²) in [6.45, 7) is 1.94. The highest BCUT2D eigenvalue weighted by molar-refractivity contribution is 7.15. The number of hydrogen-bond donors (Lipinski definition) is 2. The summed E-state index contributed by atoms with van der Waals surface area (Å²) in [6.07, 6.45) is -0.364. The van der Waals surface area contributed by atoms with E-state index in [2.05, 4.69) is 20.8 Å². The van der Waals surface area contributed by atoms with Gasteiger partial charge in [0.1, 0.15) is 10.8 Å². The molecule has 0 aliphatic heterocycles. The van der Waals surface area contributed by atoms with Crippen molar-refractivity contribution >= 4 is 63.1 Å². The lowest BCUT2D eigenvalue weighted by Crippen LogP contribution is -2.30. The van der Waals surface area contributed by atoms with Crippen molar-refractivity contribution in [3.63, 3.8) is 0 Å². The van der Waals surface area contributed by atoms with Gasteiger partial charge in [-0.25, -0.2) is 0 Å². The maximum Gasteiger partial charge on any atom is 0.266 e. The van der Waals surface area contributed by atoms with Crippen LogP contribution in [0.2, 0.25) is 15.1 Å². The van der Waals surface area contributed by atoms with E-state index in [0.29, 0.717) is 49.5 Å². The SMILES string of the molecule is CC(Oc1ccc(Cl)cc1Cl)C(=O)Nc1nnc(CCNC(=O)c2ccccc2Cl)s1. The lowest BCUT2D eigenvalue weighted by molar-refractivity contribution is -0.122. The molecule has 1 unspecified atom stereocenters. The largest absolute Gasteiger partial charge is 0.479 e. The molecule has 162 valence electrons. The van der Waals surface area contributed by atoms with Crippen molar-refractivity contribution < 1.29 is 14.3 Å². The van der Waals surface area contributed by atoms with Crippen LogP contribution in [-0.2, 0) is 11.2 Å². The molecular weight excluding hydrogens is 483 g/mol. The number of amides is 2. The minimum Gasteiger partial charge on any atom is -0.479 e. The molecular formula is C20H17Cl3N4O3S. The number of benzene rings is 2. The number of nitrogens with one attached hydrogen (secondary N) is 2. The van der Waals surface area contributed by atoms with E-state index in [4.69, 9.17) is 39.5 Å². The van der Waals surface area contributed by atoms with Gasteiger partial charge in [0, 0.05) is 18.0 Å². The van der Waals surface area contributed by atoms with Crippen LogP contribution in [0, 0.1) is 0 Å². The third-order valence-corrected chi connectivity index (χ3v) is 5.77. The topological polar surface area (TPSA) is 93.2 Å². The van der Waals surface area contributed by atoms with Gasteiger partial charge in [0.2, 0.25) is 5.13 Å². The fourth-order valence-electron chi connectivity index (χ4n) is 2.45. The second-order valence-electron chi connectivity index (χ2n) is 6.31. The Morgan fingerprint density at radius 1 is 1.10 bits per heavy atom. The predicted molar refractivity (Wildman–Crippen MR) is 123 cm³/mol. The van der Waals surface area contributed by atoms with Crippen molar-refractivity contribution in [3.8, 4) is 5.75 Å². The zero-order chi connectivity index (χ0) is 22.4. The molecule has 0 aliphatic rings. The van der Waals surface area contributed by atoms with Crippen molar-refractivity contribution in [2.45, 2.75) is 19.4 Å². The Labute approximate surface area is 197 Å². The standard InChI is InChI=1S/C20H17Cl3N4O3S/c1-11(30-16-7-6-12(21)10-15(16)23)18(28)25-20-27-26-17(31-20)8-9-24-19(29)13-4-2-3-5-14(13)22/h2-7,10-11H,8-9H2,1H3,(H,24,29)(H,25,27,28). The van der Waals surface area contributed by atoms with E-state index in [1.807, 2.05) is 0 Å². The monoisotopic (exact) mass is 498 g/mol. The zero-order valence-electron chi connectivity index (χ0n) is 16.2. The Hall–Kier alpha value is -2.39. The molecule has 31 heavy (non-hydrogen) atoms. The molecule has 0 aliphatic carbocycles. The summed E-state index contributed by atoms with van der Waals surface area (Å²) < 4.78 is 5.58. The molecule has 3 aromatic rings. The van der Waals surface area contributed by atoms with E-state index in [0.717, 1.165) is 0 Å². The van der Waals surface area contributed by atoms with E-state index in [-0.39, 0.29) is 5.91 Å². The maximum atomic E-state index is 12.4. The fraction of sp³-hybridized carbons (Fsp3) is 0.200. The molecule has 1 atom stereocenters. The minimum atomic E-state index is -0.819. The number of halogens is 3. The van der Waals surface area contributed by atoms with Crippen LogP contribution in [0.4, 0.5) is 5.13 Å². The van der Waals surface area contributed by atoms with Crippen LogP contribution >= 0.6 is 46.1 Å². The number of nitrogens with zero attached hydrogens (tertiary/aromatic N) is 2. The van der Waals surface area contributed by atoms with Gasteiger partial charge < -0.3 is 10.1 Å². The number of carbonyl (C=O) groups excluding carboxylic acids is 2. The number of hydrogen-bond acceptors (Lipinski definition) is 6. The van der Waals surface area contributed by atoms with Gasteiger partial charge in [0.15, 0.2) is 6.10 Å². The van der Waals surface area contributed by atoms with Crippen LogP contribution in [0.1, 0.15) is 22.3 Å². The predicted octanol–water partition coefficient (Wildman–Crippen LogP) is 4.88. The Bertz CT molecular complexity index is 1090. The van der Waals surface area contributed by atoms with E-state index in [9.17, 15) is 9.59 Å². The first-order valence-electron chi connectivity index (χ1n) is 9.11. The Morgan fingerprint density at radius 3 is 2.61 bits per heavy atom. The number of rotatable bonds is 8. The molecule has 0 spiro atoms. The summed E-state index contributed by atoms with van der Waals surface area (Å²) in [4.78, 5) is 24.5. The smallest absolute Gasteiger partial charge is 0.266 e. The summed E-state index contributed by atoms with van der Waals surface area (Å²) in [7, 11) is 0. The summed E-state index contributed by atoms with van der Waals surface area (Å²) in [5, 5.41) is 15.6. The normalized spacial score (nSPS) is 11.6. The first-order chi connectivity index (χ1) is 14.8. The molecule has 0 fully saturated rings. The van der Waals surface area contributed by atoms with E-state index in [1.165, 1.54) is 17.4 Å². The van der Waals surface area contributed by atoms with Crippen molar-refractivity contribution in [1.29, 1.82) is 0 Å².